The summed E-state index contributed by atoms with van der Waals surface area (Å²) in [5, 5.41) is 34.8. The molecule has 0 bridgehead atoms. The van der Waals surface area contributed by atoms with E-state index in [9.17, 15) is 4.39 Å². The Balaban J connectivity index is 0.000000362. The lowest BCUT2D eigenvalue weighted by molar-refractivity contribution is -0.107. The summed E-state index contributed by atoms with van der Waals surface area (Å²) in [4.78, 5) is 3.43. The maximum absolute atomic E-state index is 12.5. The van der Waals surface area contributed by atoms with E-state index in [0.29, 0.717) is 0 Å². The SMILES string of the molecule is CC(C)(O)C(C)(C)O.OB(O)Oc1ccncc1F. The number of rotatable bonds is 3. The highest BCUT2D eigenvalue weighted by molar-refractivity contribution is 6.33. The Morgan fingerprint density at radius 1 is 1.16 bits per heavy atom. The first kappa shape index (κ1) is 17.8. The lowest BCUT2D eigenvalue weighted by atomic mass is 9.90. The third-order valence-corrected chi connectivity index (χ3v) is 2.46. The Hall–Kier alpha value is -1.22. The van der Waals surface area contributed by atoms with E-state index in [1.165, 1.54) is 12.3 Å². The normalized spacial score (nSPS) is 11.4. The predicted octanol–water partition coefficient (Wildman–Crippen LogP) is 0.0972. The monoisotopic (exact) mass is 275 g/mol. The highest BCUT2D eigenvalue weighted by Gasteiger charge is 2.31. The molecule has 0 fully saturated rings. The van der Waals surface area contributed by atoms with Crippen molar-refractivity contribution < 1.29 is 29.3 Å². The molecule has 0 saturated carbocycles. The van der Waals surface area contributed by atoms with Gasteiger partial charge in [-0.25, -0.2) is 4.39 Å². The van der Waals surface area contributed by atoms with Crippen LogP contribution in [0.25, 0.3) is 0 Å². The van der Waals surface area contributed by atoms with Gasteiger partial charge in [0.25, 0.3) is 0 Å². The molecule has 1 heterocycles. The molecule has 4 N–H and O–H groups in total. The summed E-state index contributed by atoms with van der Waals surface area (Å²) in [6, 6.07) is 1.19. The van der Waals surface area contributed by atoms with E-state index in [-0.39, 0.29) is 5.75 Å². The van der Waals surface area contributed by atoms with Crippen LogP contribution in [0.2, 0.25) is 0 Å². The first-order chi connectivity index (χ1) is 8.45. The molecule has 0 unspecified atom stereocenters. The van der Waals surface area contributed by atoms with Crippen molar-refractivity contribution in [2.75, 3.05) is 0 Å². The van der Waals surface area contributed by atoms with Gasteiger partial charge < -0.3 is 24.9 Å². The van der Waals surface area contributed by atoms with Gasteiger partial charge in [-0.3, -0.25) is 4.98 Å². The number of aliphatic hydroxyl groups is 2. The van der Waals surface area contributed by atoms with Gasteiger partial charge in [-0.05, 0) is 33.8 Å². The average Bonchev–Trinajstić information content (AvgIpc) is 2.18. The van der Waals surface area contributed by atoms with Crippen molar-refractivity contribution in [3.8, 4) is 5.75 Å². The van der Waals surface area contributed by atoms with Gasteiger partial charge in [-0.1, -0.05) is 0 Å². The van der Waals surface area contributed by atoms with Crippen LogP contribution in [-0.2, 0) is 0 Å². The summed E-state index contributed by atoms with van der Waals surface area (Å²) in [5.74, 6) is -0.976. The minimum absolute atomic E-state index is 0.241. The molecule has 0 aliphatic carbocycles. The smallest absolute Gasteiger partial charge is 0.509 e. The van der Waals surface area contributed by atoms with Gasteiger partial charge in [0.1, 0.15) is 5.75 Å². The zero-order chi connectivity index (χ0) is 15.3. The van der Waals surface area contributed by atoms with E-state index in [2.05, 4.69) is 9.64 Å². The van der Waals surface area contributed by atoms with Crippen LogP contribution in [0.5, 0.6) is 5.75 Å². The third-order valence-electron chi connectivity index (χ3n) is 2.46. The van der Waals surface area contributed by atoms with Crippen LogP contribution in [0.4, 0.5) is 4.39 Å². The molecular formula is C11H19BFNO5. The lowest BCUT2D eigenvalue weighted by Crippen LogP contribution is -2.44. The lowest BCUT2D eigenvalue weighted by Gasteiger charge is -2.31. The molecule has 6 nitrogen and oxygen atoms in total. The number of pyridine rings is 1. The van der Waals surface area contributed by atoms with E-state index >= 15 is 0 Å². The van der Waals surface area contributed by atoms with Crippen molar-refractivity contribution in [3.63, 3.8) is 0 Å². The van der Waals surface area contributed by atoms with E-state index in [1.807, 2.05) is 0 Å². The second-order valence-corrected chi connectivity index (χ2v) is 4.87. The summed E-state index contributed by atoms with van der Waals surface area (Å²) < 4.78 is 16.8. The fraction of sp³-hybridized carbons (Fsp3) is 0.545. The van der Waals surface area contributed by atoms with Gasteiger partial charge in [0.2, 0.25) is 0 Å². The Morgan fingerprint density at radius 2 is 1.63 bits per heavy atom. The fourth-order valence-corrected chi connectivity index (χ4v) is 0.572. The van der Waals surface area contributed by atoms with Crippen molar-refractivity contribution in [2.45, 2.75) is 38.9 Å². The highest BCUT2D eigenvalue weighted by atomic mass is 19.1. The molecule has 0 amide bonds. The van der Waals surface area contributed by atoms with E-state index in [1.54, 1.807) is 27.7 Å². The number of hydrogen-bond acceptors (Lipinski definition) is 6. The number of hydrogen-bond donors (Lipinski definition) is 4. The Bertz CT molecular complexity index is 377. The summed E-state index contributed by atoms with van der Waals surface area (Å²) in [6.07, 6.45) is 2.19. The predicted molar refractivity (Wildman–Crippen MR) is 67.6 cm³/mol. The molecule has 0 radical (unpaired) electrons. The Morgan fingerprint density at radius 3 is 1.95 bits per heavy atom. The van der Waals surface area contributed by atoms with Crippen LogP contribution < -0.4 is 4.65 Å². The van der Waals surface area contributed by atoms with Crippen molar-refractivity contribution in [2.24, 2.45) is 0 Å². The minimum Gasteiger partial charge on any atom is -0.509 e. The van der Waals surface area contributed by atoms with Crippen LogP contribution in [0.1, 0.15) is 27.7 Å². The van der Waals surface area contributed by atoms with Gasteiger partial charge in [-0.2, -0.15) is 0 Å². The second-order valence-electron chi connectivity index (χ2n) is 4.87. The molecule has 0 aliphatic heterocycles. The molecule has 0 saturated heterocycles. The molecule has 1 rings (SSSR count). The van der Waals surface area contributed by atoms with Gasteiger partial charge >= 0.3 is 7.32 Å². The molecule has 19 heavy (non-hydrogen) atoms. The van der Waals surface area contributed by atoms with Crippen molar-refractivity contribution in [1.29, 1.82) is 0 Å². The zero-order valence-electron chi connectivity index (χ0n) is 11.3. The fourth-order valence-electron chi connectivity index (χ4n) is 0.572. The maximum atomic E-state index is 12.5. The van der Waals surface area contributed by atoms with E-state index in [0.717, 1.165) is 6.20 Å². The highest BCUT2D eigenvalue weighted by Crippen LogP contribution is 2.19. The first-order valence-corrected chi connectivity index (χ1v) is 5.52. The molecule has 0 aromatic carbocycles. The second kappa shape index (κ2) is 6.81. The molecule has 0 aliphatic rings. The van der Waals surface area contributed by atoms with Crippen molar-refractivity contribution in [1.82, 2.24) is 4.98 Å². The summed E-state index contributed by atoms with van der Waals surface area (Å²) in [7, 11) is -2.01. The van der Waals surface area contributed by atoms with E-state index in [4.69, 9.17) is 20.3 Å². The molecular weight excluding hydrogens is 256 g/mol. The maximum Gasteiger partial charge on any atom is 0.707 e. The number of aromatic nitrogens is 1. The van der Waals surface area contributed by atoms with Gasteiger partial charge in [0.05, 0.1) is 17.4 Å². The van der Waals surface area contributed by atoms with Crippen LogP contribution in [0.3, 0.4) is 0 Å². The summed E-state index contributed by atoms with van der Waals surface area (Å²) >= 11 is 0. The van der Waals surface area contributed by atoms with Crippen LogP contribution in [0.15, 0.2) is 18.5 Å². The molecule has 8 heteroatoms. The average molecular weight is 275 g/mol. The zero-order valence-corrected chi connectivity index (χ0v) is 11.3. The van der Waals surface area contributed by atoms with Crippen LogP contribution in [0, 0.1) is 5.82 Å². The van der Waals surface area contributed by atoms with Crippen LogP contribution in [-0.4, -0.2) is 43.8 Å². The Kier molecular flexibility index (Phi) is 6.37. The molecule has 0 spiro atoms. The number of halogens is 1. The molecule has 1 aromatic rings. The topological polar surface area (TPSA) is 103 Å². The minimum atomic E-state index is -2.01. The van der Waals surface area contributed by atoms with Gasteiger partial charge in [0.15, 0.2) is 5.82 Å². The third kappa shape index (κ3) is 7.07. The quantitative estimate of drug-likeness (QED) is 0.583. The molecule has 108 valence electrons. The van der Waals surface area contributed by atoms with Gasteiger partial charge in [0, 0.05) is 6.20 Å². The first-order valence-electron chi connectivity index (χ1n) is 5.52. The standard InChI is InChI=1S/C6H14O2.C5H5BFNO3/c1-5(2,7)6(3,4)8;7-4-3-8-2-1-5(4)11-6(9)10/h7-8H,1-4H3;1-3,9-10H. The van der Waals surface area contributed by atoms with Crippen molar-refractivity contribution in [3.05, 3.63) is 24.3 Å². The molecule has 1 aromatic heterocycles. The largest absolute Gasteiger partial charge is 0.707 e. The summed E-state index contributed by atoms with van der Waals surface area (Å²) in [5.41, 5.74) is -2.01. The number of nitrogens with zero attached hydrogens (tertiary/aromatic N) is 1. The Labute approximate surface area is 111 Å². The van der Waals surface area contributed by atoms with E-state index < -0.39 is 24.3 Å². The van der Waals surface area contributed by atoms with Crippen molar-refractivity contribution >= 4 is 7.32 Å². The molecule has 0 atom stereocenters. The van der Waals surface area contributed by atoms with Gasteiger partial charge in [-0.15, -0.1) is 0 Å². The summed E-state index contributed by atoms with van der Waals surface area (Å²) in [6.45, 7) is 6.31. The van der Waals surface area contributed by atoms with Crippen LogP contribution >= 0.6 is 0 Å².